The normalized spacial score (nSPS) is 11.9. The van der Waals surface area contributed by atoms with E-state index in [0.29, 0.717) is 24.5 Å². The molecule has 0 aliphatic carbocycles. The predicted molar refractivity (Wildman–Crippen MR) is 78.6 cm³/mol. The maximum absolute atomic E-state index is 11.6. The summed E-state index contributed by atoms with van der Waals surface area (Å²) in [5.74, 6) is 0.738. The lowest BCUT2D eigenvalue weighted by Gasteiger charge is -2.16. The second-order valence-electron chi connectivity index (χ2n) is 5.05. The molecule has 0 aromatic heterocycles. The Morgan fingerprint density at radius 2 is 1.90 bits per heavy atom. The Morgan fingerprint density at radius 1 is 1.25 bits per heavy atom. The van der Waals surface area contributed by atoms with Crippen molar-refractivity contribution in [2.24, 2.45) is 5.14 Å². The van der Waals surface area contributed by atoms with Crippen molar-refractivity contribution in [3.8, 4) is 5.75 Å². The molecule has 0 radical (unpaired) electrons. The molecule has 0 spiro atoms. The molecule has 2 N–H and O–H groups in total. The van der Waals surface area contributed by atoms with Gasteiger partial charge in [-0.2, -0.15) is 0 Å². The summed E-state index contributed by atoms with van der Waals surface area (Å²) >= 11 is 0. The van der Waals surface area contributed by atoms with Crippen LogP contribution < -0.4 is 9.88 Å². The number of aryl methyl sites for hydroxylation is 1. The van der Waals surface area contributed by atoms with Crippen LogP contribution in [-0.2, 0) is 14.8 Å². The lowest BCUT2D eigenvalue weighted by molar-refractivity contribution is 0.172. The van der Waals surface area contributed by atoms with Gasteiger partial charge >= 0.3 is 0 Å². The summed E-state index contributed by atoms with van der Waals surface area (Å²) in [6.07, 6.45) is 0.782. The maximum atomic E-state index is 11.6. The minimum absolute atomic E-state index is 0.0465. The Morgan fingerprint density at radius 3 is 2.40 bits per heavy atom. The van der Waals surface area contributed by atoms with Gasteiger partial charge < -0.3 is 9.47 Å². The van der Waals surface area contributed by atoms with Crippen LogP contribution in [0, 0.1) is 6.92 Å². The minimum atomic E-state index is -3.72. The fourth-order valence-electron chi connectivity index (χ4n) is 1.92. The van der Waals surface area contributed by atoms with Gasteiger partial charge in [-0.3, -0.25) is 0 Å². The average Bonchev–Trinajstić information content (AvgIpc) is 2.34. The second kappa shape index (κ2) is 7.06. The van der Waals surface area contributed by atoms with Crippen LogP contribution in [0.25, 0.3) is 0 Å². The fraction of sp³-hybridized carbons (Fsp3) is 0.571. The highest BCUT2D eigenvalue weighted by molar-refractivity contribution is 7.89. The first-order chi connectivity index (χ1) is 9.27. The Balaban J connectivity index is 3.08. The van der Waals surface area contributed by atoms with Gasteiger partial charge in [0.25, 0.3) is 0 Å². The summed E-state index contributed by atoms with van der Waals surface area (Å²) in [4.78, 5) is 0.175. The summed E-state index contributed by atoms with van der Waals surface area (Å²) < 4.78 is 33.9. The van der Waals surface area contributed by atoms with Crippen LogP contribution in [0.1, 0.15) is 37.3 Å². The third kappa shape index (κ3) is 4.47. The number of benzene rings is 1. The molecule has 114 valence electrons. The molecule has 0 aliphatic rings. The lowest BCUT2D eigenvalue weighted by Crippen LogP contribution is -2.16. The number of ether oxygens (including phenoxy) is 2. The van der Waals surface area contributed by atoms with Crippen molar-refractivity contribution in [1.29, 1.82) is 0 Å². The molecule has 1 aromatic carbocycles. The van der Waals surface area contributed by atoms with Gasteiger partial charge in [0.1, 0.15) is 5.75 Å². The van der Waals surface area contributed by atoms with Crippen molar-refractivity contribution in [1.82, 2.24) is 0 Å². The van der Waals surface area contributed by atoms with Crippen LogP contribution in [0.3, 0.4) is 0 Å². The van der Waals surface area contributed by atoms with Gasteiger partial charge in [0.05, 0.1) is 11.5 Å². The molecule has 0 amide bonds. The fourth-order valence-corrected chi connectivity index (χ4v) is 2.88. The molecule has 0 saturated heterocycles. The first kappa shape index (κ1) is 16.9. The van der Waals surface area contributed by atoms with Crippen molar-refractivity contribution in [3.05, 3.63) is 23.3 Å². The standard InChI is InChI=1S/C14H23NO4S/c1-10(2)12-9-13(19-7-5-6-18-4)11(3)8-14(12)20(15,16)17/h8-10H,5-7H2,1-4H3,(H2,15,16,17). The molecule has 1 aromatic rings. The summed E-state index contributed by atoms with van der Waals surface area (Å²) in [7, 11) is -2.08. The Bertz CT molecular complexity index is 553. The predicted octanol–water partition coefficient (Wildman–Crippen LogP) is 2.18. The Labute approximate surface area is 121 Å². The van der Waals surface area contributed by atoms with Crippen LogP contribution in [0.4, 0.5) is 0 Å². The van der Waals surface area contributed by atoms with E-state index in [1.54, 1.807) is 19.2 Å². The van der Waals surface area contributed by atoms with Crippen molar-refractivity contribution in [3.63, 3.8) is 0 Å². The van der Waals surface area contributed by atoms with E-state index in [0.717, 1.165) is 12.0 Å². The van der Waals surface area contributed by atoms with E-state index in [4.69, 9.17) is 14.6 Å². The topological polar surface area (TPSA) is 78.6 Å². The van der Waals surface area contributed by atoms with Crippen molar-refractivity contribution >= 4 is 10.0 Å². The molecule has 0 atom stereocenters. The second-order valence-corrected chi connectivity index (χ2v) is 6.58. The number of hydrogen-bond donors (Lipinski definition) is 1. The zero-order valence-electron chi connectivity index (χ0n) is 12.5. The first-order valence-electron chi connectivity index (χ1n) is 6.56. The molecule has 1 rings (SSSR count). The van der Waals surface area contributed by atoms with E-state index in [-0.39, 0.29) is 10.8 Å². The van der Waals surface area contributed by atoms with Crippen molar-refractivity contribution < 1.29 is 17.9 Å². The molecule has 5 nitrogen and oxygen atoms in total. The summed E-state index contributed by atoms with van der Waals surface area (Å²) in [5.41, 5.74) is 1.44. The Hall–Kier alpha value is -1.11. The number of nitrogens with two attached hydrogens (primary N) is 1. The SMILES string of the molecule is COCCCOc1cc(C(C)C)c(S(N)(=O)=O)cc1C. The van der Waals surface area contributed by atoms with Gasteiger partial charge in [0, 0.05) is 20.1 Å². The zero-order chi connectivity index (χ0) is 15.3. The molecule has 0 aliphatic heterocycles. The molecule has 0 unspecified atom stereocenters. The summed E-state index contributed by atoms with van der Waals surface area (Å²) in [6.45, 7) is 6.82. The highest BCUT2D eigenvalue weighted by Crippen LogP contribution is 2.30. The van der Waals surface area contributed by atoms with Gasteiger partial charge in [0.2, 0.25) is 10.0 Å². The third-order valence-electron chi connectivity index (χ3n) is 2.99. The summed E-state index contributed by atoms with van der Waals surface area (Å²) in [6, 6.07) is 3.35. The smallest absolute Gasteiger partial charge is 0.238 e. The zero-order valence-corrected chi connectivity index (χ0v) is 13.3. The van der Waals surface area contributed by atoms with E-state index in [9.17, 15) is 8.42 Å². The van der Waals surface area contributed by atoms with Gasteiger partial charge in [0.15, 0.2) is 0 Å². The van der Waals surface area contributed by atoms with E-state index in [1.165, 1.54) is 0 Å². The molecule has 0 bridgehead atoms. The molecule has 0 saturated carbocycles. The van der Waals surface area contributed by atoms with Crippen molar-refractivity contribution in [2.45, 2.75) is 38.0 Å². The largest absolute Gasteiger partial charge is 0.493 e. The monoisotopic (exact) mass is 301 g/mol. The quantitative estimate of drug-likeness (QED) is 0.783. The highest BCUT2D eigenvalue weighted by Gasteiger charge is 2.19. The molecule has 0 fully saturated rings. The van der Waals surface area contributed by atoms with Crippen molar-refractivity contribution in [2.75, 3.05) is 20.3 Å². The van der Waals surface area contributed by atoms with Gasteiger partial charge in [-0.15, -0.1) is 0 Å². The van der Waals surface area contributed by atoms with Gasteiger partial charge in [-0.1, -0.05) is 13.8 Å². The molecular weight excluding hydrogens is 278 g/mol. The molecular formula is C14H23NO4S. The van der Waals surface area contributed by atoms with Gasteiger partial charge in [-0.05, 0) is 36.1 Å². The number of hydrogen-bond acceptors (Lipinski definition) is 4. The van der Waals surface area contributed by atoms with Crippen LogP contribution in [0.15, 0.2) is 17.0 Å². The van der Waals surface area contributed by atoms with E-state index in [1.807, 2.05) is 20.8 Å². The van der Waals surface area contributed by atoms with E-state index < -0.39 is 10.0 Å². The molecule has 20 heavy (non-hydrogen) atoms. The minimum Gasteiger partial charge on any atom is -0.493 e. The van der Waals surface area contributed by atoms with Crippen LogP contribution in [-0.4, -0.2) is 28.7 Å². The van der Waals surface area contributed by atoms with E-state index >= 15 is 0 Å². The molecule has 0 heterocycles. The van der Waals surface area contributed by atoms with Crippen LogP contribution in [0.5, 0.6) is 5.75 Å². The third-order valence-corrected chi connectivity index (χ3v) is 3.95. The maximum Gasteiger partial charge on any atom is 0.238 e. The number of methoxy groups -OCH3 is 1. The van der Waals surface area contributed by atoms with Gasteiger partial charge in [-0.25, -0.2) is 13.6 Å². The number of rotatable bonds is 7. The average molecular weight is 301 g/mol. The van der Waals surface area contributed by atoms with Crippen LogP contribution >= 0.6 is 0 Å². The number of sulfonamides is 1. The first-order valence-corrected chi connectivity index (χ1v) is 8.11. The summed E-state index contributed by atoms with van der Waals surface area (Å²) in [5, 5.41) is 5.27. The highest BCUT2D eigenvalue weighted by atomic mass is 32.2. The lowest BCUT2D eigenvalue weighted by atomic mass is 10.0. The van der Waals surface area contributed by atoms with E-state index in [2.05, 4.69) is 0 Å². The van der Waals surface area contributed by atoms with Crippen LogP contribution in [0.2, 0.25) is 0 Å². The molecule has 6 heteroatoms. The Kier molecular flexibility index (Phi) is 5.98. The number of primary sulfonamides is 1.